The van der Waals surface area contributed by atoms with Gasteiger partial charge in [-0.15, -0.1) is 0 Å². The van der Waals surface area contributed by atoms with E-state index in [2.05, 4.69) is 15.5 Å². The Labute approximate surface area is 169 Å². The lowest BCUT2D eigenvalue weighted by Gasteiger charge is -2.16. The third-order valence-electron chi connectivity index (χ3n) is 4.53. The first-order chi connectivity index (χ1) is 14.0. The summed E-state index contributed by atoms with van der Waals surface area (Å²) in [7, 11) is 1.74. The summed E-state index contributed by atoms with van der Waals surface area (Å²) in [4.78, 5) is 30.2. The molecule has 1 N–H and O–H groups in total. The SMILES string of the molecule is Cc1ccc(CC(=O)N(C)CCc2noc(C(=O)NCc3ccccc3)n2)cc1. The molecule has 150 valence electrons. The second-order valence-electron chi connectivity index (χ2n) is 6.91. The van der Waals surface area contributed by atoms with Gasteiger partial charge in [0.25, 0.3) is 0 Å². The number of hydrogen-bond donors (Lipinski definition) is 1. The highest BCUT2D eigenvalue weighted by Crippen LogP contribution is 2.06. The number of benzene rings is 2. The molecule has 29 heavy (non-hydrogen) atoms. The molecule has 1 aromatic heterocycles. The van der Waals surface area contributed by atoms with Gasteiger partial charge < -0.3 is 14.7 Å². The molecule has 0 fully saturated rings. The summed E-state index contributed by atoms with van der Waals surface area (Å²) in [5.41, 5.74) is 3.12. The van der Waals surface area contributed by atoms with Crippen LogP contribution < -0.4 is 5.32 Å². The van der Waals surface area contributed by atoms with Crippen LogP contribution in [0.5, 0.6) is 0 Å². The van der Waals surface area contributed by atoms with Gasteiger partial charge >= 0.3 is 11.8 Å². The highest BCUT2D eigenvalue weighted by molar-refractivity contribution is 5.89. The Hall–Kier alpha value is -3.48. The standard InChI is InChI=1S/C22H24N4O3/c1-16-8-10-17(11-9-16)14-20(27)26(2)13-12-19-24-22(29-25-19)21(28)23-15-18-6-4-3-5-7-18/h3-11H,12-15H2,1-2H3,(H,23,28). The fourth-order valence-electron chi connectivity index (χ4n) is 2.71. The minimum atomic E-state index is -0.420. The average Bonchev–Trinajstić information content (AvgIpc) is 3.22. The molecule has 1 heterocycles. The van der Waals surface area contributed by atoms with Gasteiger partial charge in [0, 0.05) is 26.6 Å². The fraction of sp³-hybridized carbons (Fsp3) is 0.273. The number of carbonyl (C=O) groups excluding carboxylic acids is 2. The molecule has 2 amide bonds. The van der Waals surface area contributed by atoms with Crippen LogP contribution in [0.25, 0.3) is 0 Å². The zero-order chi connectivity index (χ0) is 20.6. The van der Waals surface area contributed by atoms with E-state index in [0.29, 0.717) is 31.8 Å². The number of hydrogen-bond acceptors (Lipinski definition) is 5. The third kappa shape index (κ3) is 6.00. The Balaban J connectivity index is 1.46. The maximum atomic E-state index is 12.3. The summed E-state index contributed by atoms with van der Waals surface area (Å²) in [6, 6.07) is 17.5. The second kappa shape index (κ2) is 9.64. The summed E-state index contributed by atoms with van der Waals surface area (Å²) < 4.78 is 5.04. The summed E-state index contributed by atoms with van der Waals surface area (Å²) in [5, 5.41) is 6.58. The van der Waals surface area contributed by atoms with E-state index in [1.54, 1.807) is 11.9 Å². The monoisotopic (exact) mass is 392 g/mol. The van der Waals surface area contributed by atoms with E-state index in [0.717, 1.165) is 16.7 Å². The molecule has 0 unspecified atom stereocenters. The second-order valence-corrected chi connectivity index (χ2v) is 6.91. The van der Waals surface area contributed by atoms with E-state index in [4.69, 9.17) is 4.52 Å². The molecule has 0 atom stereocenters. The average molecular weight is 392 g/mol. The number of aryl methyl sites for hydroxylation is 1. The maximum absolute atomic E-state index is 12.3. The van der Waals surface area contributed by atoms with Gasteiger partial charge in [0.05, 0.1) is 6.42 Å². The summed E-state index contributed by atoms with van der Waals surface area (Å²) in [6.07, 6.45) is 0.752. The first kappa shape index (κ1) is 20.3. The lowest BCUT2D eigenvalue weighted by molar-refractivity contribution is -0.129. The number of aromatic nitrogens is 2. The summed E-state index contributed by atoms with van der Waals surface area (Å²) in [5.74, 6) is -0.0935. The van der Waals surface area contributed by atoms with E-state index < -0.39 is 5.91 Å². The first-order valence-electron chi connectivity index (χ1n) is 9.45. The number of carbonyl (C=O) groups is 2. The van der Waals surface area contributed by atoms with Crippen molar-refractivity contribution in [1.82, 2.24) is 20.4 Å². The molecule has 0 saturated heterocycles. The van der Waals surface area contributed by atoms with Crippen LogP contribution in [0.2, 0.25) is 0 Å². The minimum absolute atomic E-state index is 0.0122. The van der Waals surface area contributed by atoms with Crippen molar-refractivity contribution < 1.29 is 14.1 Å². The number of likely N-dealkylation sites (N-methyl/N-ethyl adjacent to an activating group) is 1. The van der Waals surface area contributed by atoms with Gasteiger partial charge in [0.15, 0.2) is 5.82 Å². The smallest absolute Gasteiger partial charge is 0.315 e. The lowest BCUT2D eigenvalue weighted by Crippen LogP contribution is -2.30. The number of nitrogens with one attached hydrogen (secondary N) is 1. The van der Waals surface area contributed by atoms with E-state index >= 15 is 0 Å². The van der Waals surface area contributed by atoms with Gasteiger partial charge in [0.1, 0.15) is 0 Å². The van der Waals surface area contributed by atoms with Crippen LogP contribution in [0, 0.1) is 6.92 Å². The van der Waals surface area contributed by atoms with Crippen molar-refractivity contribution in [1.29, 1.82) is 0 Å². The summed E-state index contributed by atoms with van der Waals surface area (Å²) in [6.45, 7) is 2.84. The van der Waals surface area contributed by atoms with Crippen LogP contribution >= 0.6 is 0 Å². The predicted octanol–water partition coefficient (Wildman–Crippen LogP) is 2.55. The van der Waals surface area contributed by atoms with Crippen molar-refractivity contribution in [2.75, 3.05) is 13.6 Å². The predicted molar refractivity (Wildman–Crippen MR) is 108 cm³/mol. The molecule has 7 heteroatoms. The number of amides is 2. The molecule has 2 aromatic carbocycles. The zero-order valence-corrected chi connectivity index (χ0v) is 16.6. The Bertz CT molecular complexity index is 952. The highest BCUT2D eigenvalue weighted by Gasteiger charge is 2.16. The van der Waals surface area contributed by atoms with E-state index in [-0.39, 0.29) is 11.8 Å². The molecule has 0 bridgehead atoms. The zero-order valence-electron chi connectivity index (χ0n) is 16.6. The topological polar surface area (TPSA) is 88.3 Å². The van der Waals surface area contributed by atoms with Gasteiger partial charge in [-0.05, 0) is 18.1 Å². The van der Waals surface area contributed by atoms with Crippen LogP contribution in [-0.2, 0) is 24.2 Å². The van der Waals surface area contributed by atoms with Crippen molar-refractivity contribution in [2.45, 2.75) is 26.3 Å². The molecule has 0 aliphatic carbocycles. The van der Waals surface area contributed by atoms with Crippen LogP contribution in [0.1, 0.15) is 33.2 Å². The van der Waals surface area contributed by atoms with Crippen molar-refractivity contribution in [3.8, 4) is 0 Å². The molecular formula is C22H24N4O3. The Morgan fingerprint density at radius 2 is 1.76 bits per heavy atom. The fourth-order valence-corrected chi connectivity index (χ4v) is 2.71. The van der Waals surface area contributed by atoms with Crippen molar-refractivity contribution in [3.05, 3.63) is 83.0 Å². The van der Waals surface area contributed by atoms with E-state index in [1.165, 1.54) is 0 Å². The Morgan fingerprint density at radius 3 is 2.48 bits per heavy atom. The molecule has 3 aromatic rings. The van der Waals surface area contributed by atoms with Crippen molar-refractivity contribution in [2.24, 2.45) is 0 Å². The molecule has 0 saturated carbocycles. The Morgan fingerprint density at radius 1 is 1.03 bits per heavy atom. The molecule has 0 radical (unpaired) electrons. The van der Waals surface area contributed by atoms with Crippen molar-refractivity contribution in [3.63, 3.8) is 0 Å². The highest BCUT2D eigenvalue weighted by atomic mass is 16.5. The van der Waals surface area contributed by atoms with Crippen LogP contribution in [0.3, 0.4) is 0 Å². The molecular weight excluding hydrogens is 368 g/mol. The van der Waals surface area contributed by atoms with Crippen molar-refractivity contribution >= 4 is 11.8 Å². The van der Waals surface area contributed by atoms with Gasteiger partial charge in [-0.25, -0.2) is 0 Å². The quantitative estimate of drug-likeness (QED) is 0.636. The summed E-state index contributed by atoms with van der Waals surface area (Å²) >= 11 is 0. The number of nitrogens with zero attached hydrogens (tertiary/aromatic N) is 3. The van der Waals surface area contributed by atoms with Gasteiger partial charge in [-0.1, -0.05) is 65.3 Å². The molecule has 7 nitrogen and oxygen atoms in total. The lowest BCUT2D eigenvalue weighted by atomic mass is 10.1. The maximum Gasteiger partial charge on any atom is 0.315 e. The number of rotatable bonds is 8. The first-order valence-corrected chi connectivity index (χ1v) is 9.45. The molecule has 3 rings (SSSR count). The Kier molecular flexibility index (Phi) is 6.73. The van der Waals surface area contributed by atoms with Gasteiger partial charge in [-0.3, -0.25) is 9.59 Å². The molecule has 0 aliphatic rings. The molecule has 0 aliphatic heterocycles. The third-order valence-corrected chi connectivity index (χ3v) is 4.53. The van der Waals surface area contributed by atoms with E-state index in [1.807, 2.05) is 61.5 Å². The largest absolute Gasteiger partial charge is 0.345 e. The van der Waals surface area contributed by atoms with E-state index in [9.17, 15) is 9.59 Å². The van der Waals surface area contributed by atoms with Crippen LogP contribution in [0.15, 0.2) is 59.1 Å². The van der Waals surface area contributed by atoms with Gasteiger partial charge in [0.2, 0.25) is 5.91 Å². The minimum Gasteiger partial charge on any atom is -0.345 e. The van der Waals surface area contributed by atoms with Crippen LogP contribution in [0.4, 0.5) is 0 Å². The van der Waals surface area contributed by atoms with Gasteiger partial charge in [-0.2, -0.15) is 4.98 Å². The van der Waals surface area contributed by atoms with Crippen LogP contribution in [-0.4, -0.2) is 40.4 Å². The molecule has 0 spiro atoms. The normalized spacial score (nSPS) is 10.6.